The van der Waals surface area contributed by atoms with Crippen molar-refractivity contribution in [2.75, 3.05) is 31.8 Å². The first kappa shape index (κ1) is 22.5. The minimum atomic E-state index is -5.79. The van der Waals surface area contributed by atoms with E-state index in [-0.39, 0.29) is 18.1 Å². The van der Waals surface area contributed by atoms with Crippen molar-refractivity contribution in [3.8, 4) is 11.5 Å². The highest BCUT2D eigenvalue weighted by Crippen LogP contribution is 2.57. The average Bonchev–Trinajstić information content (AvgIpc) is 2.59. The lowest BCUT2D eigenvalue weighted by atomic mass is 9.72. The van der Waals surface area contributed by atoms with Gasteiger partial charge in [-0.25, -0.2) is 0 Å². The van der Waals surface area contributed by atoms with Crippen molar-refractivity contribution in [1.29, 1.82) is 0 Å². The summed E-state index contributed by atoms with van der Waals surface area (Å²) in [7, 11) is 1.18. The van der Waals surface area contributed by atoms with Gasteiger partial charge in [0.1, 0.15) is 18.1 Å². The number of halogens is 6. The first-order chi connectivity index (χ1) is 13.4. The van der Waals surface area contributed by atoms with Gasteiger partial charge in [-0.3, -0.25) is 0 Å². The summed E-state index contributed by atoms with van der Waals surface area (Å²) in [4.78, 5) is 0. The second-order valence-corrected chi connectivity index (χ2v) is 6.03. The molecule has 0 aromatic heterocycles. The van der Waals surface area contributed by atoms with Crippen molar-refractivity contribution < 1.29 is 40.9 Å². The largest absolute Gasteiger partial charge is 0.495 e. The first-order valence-electron chi connectivity index (χ1n) is 8.11. The summed E-state index contributed by atoms with van der Waals surface area (Å²) >= 11 is 0. The van der Waals surface area contributed by atoms with Gasteiger partial charge in [-0.2, -0.15) is 26.3 Å². The van der Waals surface area contributed by atoms with Crippen LogP contribution in [0.4, 0.5) is 37.7 Å². The minimum absolute atomic E-state index is 0.0701. The van der Waals surface area contributed by atoms with Crippen molar-refractivity contribution in [3.05, 3.63) is 47.5 Å². The van der Waals surface area contributed by atoms with Crippen molar-refractivity contribution in [2.24, 2.45) is 0 Å². The molecule has 0 aliphatic rings. The van der Waals surface area contributed by atoms with Gasteiger partial charge in [0, 0.05) is 0 Å². The Hall–Kier alpha value is -2.82. The van der Waals surface area contributed by atoms with Crippen LogP contribution < -0.4 is 20.9 Å². The molecule has 0 bridgehead atoms. The zero-order valence-corrected chi connectivity index (χ0v) is 15.1. The number of nitrogen functional groups attached to an aromatic ring is 2. The maximum Gasteiger partial charge on any atom is 0.411 e. The zero-order chi connectivity index (χ0) is 22.0. The molecule has 0 atom stereocenters. The third kappa shape index (κ3) is 3.86. The van der Waals surface area contributed by atoms with E-state index in [9.17, 15) is 26.3 Å². The molecule has 2 aromatic carbocycles. The molecule has 0 radical (unpaired) electrons. The smallest absolute Gasteiger partial charge is 0.411 e. The zero-order valence-electron chi connectivity index (χ0n) is 15.1. The van der Waals surface area contributed by atoms with Crippen LogP contribution >= 0.6 is 0 Å². The van der Waals surface area contributed by atoms with E-state index in [1.54, 1.807) is 0 Å². The highest BCUT2D eigenvalue weighted by molar-refractivity contribution is 5.61. The SMILES string of the molecule is COc1ccc(C(c2ccc(OCCO)c(N)c2)(C(F)(F)F)C(F)(F)F)cc1N. The number of methoxy groups -OCH3 is 1. The molecule has 0 heterocycles. The van der Waals surface area contributed by atoms with E-state index in [1.165, 1.54) is 7.11 Å². The number of anilines is 2. The van der Waals surface area contributed by atoms with Crippen LogP contribution in [0, 0.1) is 0 Å². The molecular formula is C18H18F6N2O3. The van der Waals surface area contributed by atoms with Gasteiger partial charge in [0.2, 0.25) is 5.41 Å². The molecule has 2 rings (SSSR count). The number of rotatable bonds is 6. The van der Waals surface area contributed by atoms with E-state index < -0.39 is 46.9 Å². The summed E-state index contributed by atoms with van der Waals surface area (Å²) in [6.07, 6.45) is -11.6. The molecule has 0 saturated heterocycles. The van der Waals surface area contributed by atoms with Crippen molar-refractivity contribution in [2.45, 2.75) is 17.8 Å². The average molecular weight is 424 g/mol. The lowest BCUT2D eigenvalue weighted by Gasteiger charge is -2.38. The number of alkyl halides is 6. The second kappa shape index (κ2) is 7.90. The number of nitrogens with two attached hydrogens (primary N) is 2. The van der Waals surface area contributed by atoms with E-state index >= 15 is 0 Å². The predicted octanol–water partition coefficient (Wildman–Crippen LogP) is 3.64. The number of aliphatic hydroxyl groups is 1. The summed E-state index contributed by atoms with van der Waals surface area (Å²) in [6, 6.07) is 4.23. The van der Waals surface area contributed by atoms with Crippen molar-refractivity contribution in [3.63, 3.8) is 0 Å². The third-order valence-corrected chi connectivity index (χ3v) is 4.30. The molecule has 0 saturated carbocycles. The molecule has 11 heteroatoms. The number of aliphatic hydroxyl groups excluding tert-OH is 1. The fourth-order valence-electron chi connectivity index (χ4n) is 3.02. The van der Waals surface area contributed by atoms with Gasteiger partial charge in [-0.1, -0.05) is 12.1 Å². The quantitative estimate of drug-likeness (QED) is 0.487. The second-order valence-electron chi connectivity index (χ2n) is 6.03. The highest BCUT2D eigenvalue weighted by atomic mass is 19.4. The van der Waals surface area contributed by atoms with Crippen LogP contribution in [-0.4, -0.2) is 37.8 Å². The maximum atomic E-state index is 14.1. The van der Waals surface area contributed by atoms with Crippen molar-refractivity contribution >= 4 is 11.4 Å². The normalized spacial score (nSPS) is 12.7. The standard InChI is InChI=1S/C18H18F6N2O3/c1-28-14-4-2-10(8-12(14)25)16(17(19,20)21,18(22,23)24)11-3-5-15(13(26)9-11)29-7-6-27/h2-5,8-9,27H,6-7,25-26H2,1H3. The fraction of sp³-hybridized carbons (Fsp3) is 0.333. The predicted molar refractivity (Wildman–Crippen MR) is 93.7 cm³/mol. The number of hydrogen-bond donors (Lipinski definition) is 3. The Balaban J connectivity index is 2.81. The van der Waals surface area contributed by atoms with Crippen LogP contribution in [0.2, 0.25) is 0 Å². The van der Waals surface area contributed by atoms with Crippen LogP contribution in [0.3, 0.4) is 0 Å². The summed E-state index contributed by atoms with van der Waals surface area (Å²) in [5.41, 5.74) is 3.65. The molecule has 0 unspecified atom stereocenters. The van der Waals surface area contributed by atoms with Crippen LogP contribution in [0.1, 0.15) is 11.1 Å². The molecule has 0 spiro atoms. The summed E-state index contributed by atoms with van der Waals surface area (Å²) in [5, 5.41) is 8.75. The van der Waals surface area contributed by atoms with Gasteiger partial charge in [-0.05, 0) is 35.4 Å². The number of hydrogen-bond acceptors (Lipinski definition) is 5. The highest BCUT2D eigenvalue weighted by Gasteiger charge is 2.72. The van der Waals surface area contributed by atoms with Gasteiger partial charge < -0.3 is 26.0 Å². The Bertz CT molecular complexity index is 854. The van der Waals surface area contributed by atoms with Crippen LogP contribution in [0.25, 0.3) is 0 Å². The van der Waals surface area contributed by atoms with Gasteiger partial charge >= 0.3 is 12.4 Å². The Morgan fingerprint density at radius 3 is 1.62 bits per heavy atom. The Morgan fingerprint density at radius 2 is 1.28 bits per heavy atom. The van der Waals surface area contributed by atoms with Crippen LogP contribution in [0.5, 0.6) is 11.5 Å². The fourth-order valence-corrected chi connectivity index (χ4v) is 3.02. The van der Waals surface area contributed by atoms with Crippen LogP contribution in [0.15, 0.2) is 36.4 Å². The Kier molecular flexibility index (Phi) is 6.12. The van der Waals surface area contributed by atoms with Gasteiger partial charge in [0.25, 0.3) is 0 Å². The summed E-state index contributed by atoms with van der Waals surface area (Å²) < 4.78 is 94.4. The molecule has 0 fully saturated rings. The monoisotopic (exact) mass is 424 g/mol. The molecule has 2 aromatic rings. The van der Waals surface area contributed by atoms with Gasteiger partial charge in [0.05, 0.1) is 25.1 Å². The lowest BCUT2D eigenvalue weighted by Crippen LogP contribution is -2.54. The molecule has 0 aliphatic heterocycles. The topological polar surface area (TPSA) is 90.7 Å². The summed E-state index contributed by atoms with van der Waals surface area (Å²) in [5.74, 6) is -0.227. The van der Waals surface area contributed by atoms with Gasteiger partial charge in [-0.15, -0.1) is 0 Å². The lowest BCUT2D eigenvalue weighted by molar-refractivity contribution is -0.288. The van der Waals surface area contributed by atoms with E-state index in [0.717, 1.165) is 12.1 Å². The van der Waals surface area contributed by atoms with Crippen LogP contribution in [-0.2, 0) is 5.41 Å². The maximum absolute atomic E-state index is 14.1. The van der Waals surface area contributed by atoms with E-state index in [0.29, 0.717) is 24.3 Å². The molecule has 5 nitrogen and oxygen atoms in total. The molecule has 29 heavy (non-hydrogen) atoms. The van der Waals surface area contributed by atoms with E-state index in [1.807, 2.05) is 0 Å². The molecule has 5 N–H and O–H groups in total. The Labute approximate surface area is 161 Å². The van der Waals surface area contributed by atoms with E-state index in [2.05, 4.69) is 0 Å². The molecule has 0 aliphatic carbocycles. The first-order valence-corrected chi connectivity index (χ1v) is 8.11. The third-order valence-electron chi connectivity index (χ3n) is 4.30. The minimum Gasteiger partial charge on any atom is -0.495 e. The molecule has 160 valence electrons. The molecule has 0 amide bonds. The number of ether oxygens (including phenoxy) is 2. The van der Waals surface area contributed by atoms with Crippen molar-refractivity contribution in [1.82, 2.24) is 0 Å². The molecular weight excluding hydrogens is 406 g/mol. The Morgan fingerprint density at radius 1 is 0.828 bits per heavy atom. The number of benzene rings is 2. The van der Waals surface area contributed by atoms with Gasteiger partial charge in [0.15, 0.2) is 0 Å². The summed E-state index contributed by atoms with van der Waals surface area (Å²) in [6.45, 7) is -0.649. The van der Waals surface area contributed by atoms with E-state index in [4.69, 9.17) is 26.0 Å².